The fourth-order valence-corrected chi connectivity index (χ4v) is 3.26. The van der Waals surface area contributed by atoms with Gasteiger partial charge in [0, 0.05) is 24.5 Å². The Hall–Kier alpha value is -2.12. The lowest BCUT2D eigenvalue weighted by atomic mass is 9.97. The van der Waals surface area contributed by atoms with Crippen molar-refractivity contribution in [3.8, 4) is 0 Å². The summed E-state index contributed by atoms with van der Waals surface area (Å²) < 4.78 is 40.5. The first-order valence-electron chi connectivity index (χ1n) is 7.88. The van der Waals surface area contributed by atoms with Gasteiger partial charge in [0.25, 0.3) is 5.91 Å². The van der Waals surface area contributed by atoms with Crippen molar-refractivity contribution >= 4 is 11.6 Å². The summed E-state index contributed by atoms with van der Waals surface area (Å²) in [4.78, 5) is 18.5. The van der Waals surface area contributed by atoms with Crippen molar-refractivity contribution in [2.45, 2.75) is 39.8 Å². The van der Waals surface area contributed by atoms with E-state index in [1.807, 2.05) is 19.9 Å². The second-order valence-electron chi connectivity index (χ2n) is 6.37. The molecule has 0 unspecified atom stereocenters. The topological polar surface area (TPSA) is 50.5 Å². The molecule has 1 saturated heterocycles. The molecule has 1 amide bonds. The lowest BCUT2D eigenvalue weighted by Gasteiger charge is -2.33. The summed E-state index contributed by atoms with van der Waals surface area (Å²) >= 11 is 0. The standard InChI is InChI=1S/C16H19F3N4O/c1-9-7-10(2)23-14(20-9)13(11(3)21-23)15(24)22-6-4-5-12(8-22)16(17,18)19/h7,12H,4-6,8H2,1-3H3/t12-/m1/s1. The molecular formula is C16H19F3N4O. The Morgan fingerprint density at radius 1 is 1.29 bits per heavy atom. The Labute approximate surface area is 137 Å². The summed E-state index contributed by atoms with van der Waals surface area (Å²) in [7, 11) is 0. The Balaban J connectivity index is 1.98. The van der Waals surface area contributed by atoms with Crippen LogP contribution in [0.3, 0.4) is 0 Å². The zero-order valence-corrected chi connectivity index (χ0v) is 13.8. The molecule has 0 N–H and O–H groups in total. The molecular weight excluding hydrogens is 321 g/mol. The van der Waals surface area contributed by atoms with Gasteiger partial charge in [-0.15, -0.1) is 0 Å². The largest absolute Gasteiger partial charge is 0.393 e. The lowest BCUT2D eigenvalue weighted by molar-refractivity contribution is -0.184. The molecule has 3 rings (SSSR count). The van der Waals surface area contributed by atoms with Gasteiger partial charge in [-0.25, -0.2) is 9.50 Å². The Kier molecular flexibility index (Phi) is 4.01. The first-order valence-corrected chi connectivity index (χ1v) is 7.88. The Morgan fingerprint density at radius 3 is 2.67 bits per heavy atom. The number of rotatable bonds is 1. The van der Waals surface area contributed by atoms with Gasteiger partial charge in [-0.2, -0.15) is 18.3 Å². The molecule has 8 heteroatoms. The van der Waals surface area contributed by atoms with Gasteiger partial charge in [0.2, 0.25) is 0 Å². The van der Waals surface area contributed by atoms with Crippen LogP contribution < -0.4 is 0 Å². The van der Waals surface area contributed by atoms with Crippen LogP contribution in [-0.4, -0.2) is 44.7 Å². The Bertz CT molecular complexity index is 797. The van der Waals surface area contributed by atoms with Crippen molar-refractivity contribution in [2.24, 2.45) is 5.92 Å². The van der Waals surface area contributed by atoms with Crippen molar-refractivity contribution < 1.29 is 18.0 Å². The van der Waals surface area contributed by atoms with Gasteiger partial charge in [-0.1, -0.05) is 0 Å². The fourth-order valence-electron chi connectivity index (χ4n) is 3.26. The van der Waals surface area contributed by atoms with Crippen LogP contribution in [0, 0.1) is 26.7 Å². The average molecular weight is 340 g/mol. The quantitative estimate of drug-likeness (QED) is 0.802. The second-order valence-corrected chi connectivity index (χ2v) is 6.37. The SMILES string of the molecule is Cc1cc(C)n2nc(C)c(C(=O)N3CCC[C@@H](C(F)(F)F)C3)c2n1. The van der Waals surface area contributed by atoms with Crippen LogP contribution in [0.15, 0.2) is 6.07 Å². The van der Waals surface area contributed by atoms with E-state index < -0.39 is 18.0 Å². The number of aromatic nitrogens is 3. The lowest BCUT2D eigenvalue weighted by Crippen LogP contribution is -2.44. The summed E-state index contributed by atoms with van der Waals surface area (Å²) in [6, 6.07) is 1.84. The van der Waals surface area contributed by atoms with Crippen molar-refractivity contribution in [1.29, 1.82) is 0 Å². The van der Waals surface area contributed by atoms with Crippen LogP contribution in [0.5, 0.6) is 0 Å². The zero-order chi connectivity index (χ0) is 17.6. The number of hydrogen-bond acceptors (Lipinski definition) is 3. The number of halogens is 3. The highest BCUT2D eigenvalue weighted by atomic mass is 19.4. The molecule has 1 fully saturated rings. The Morgan fingerprint density at radius 2 is 2.00 bits per heavy atom. The molecule has 1 aliphatic heterocycles. The van der Waals surface area contributed by atoms with Gasteiger partial charge in [0.15, 0.2) is 5.65 Å². The van der Waals surface area contributed by atoms with Gasteiger partial charge in [0.05, 0.1) is 11.6 Å². The van der Waals surface area contributed by atoms with Crippen molar-refractivity contribution in [1.82, 2.24) is 19.5 Å². The van der Waals surface area contributed by atoms with Crippen LogP contribution in [0.4, 0.5) is 13.2 Å². The average Bonchev–Trinajstić information content (AvgIpc) is 2.82. The van der Waals surface area contributed by atoms with Gasteiger partial charge < -0.3 is 4.90 Å². The number of amides is 1. The third kappa shape index (κ3) is 2.85. The van der Waals surface area contributed by atoms with Gasteiger partial charge in [-0.3, -0.25) is 4.79 Å². The summed E-state index contributed by atoms with van der Waals surface area (Å²) in [5, 5.41) is 4.32. The van der Waals surface area contributed by atoms with Crippen LogP contribution in [0.1, 0.15) is 40.3 Å². The number of carbonyl (C=O) groups is 1. The number of nitrogens with zero attached hydrogens (tertiary/aromatic N) is 4. The van der Waals surface area contributed by atoms with Crippen LogP contribution >= 0.6 is 0 Å². The predicted molar refractivity (Wildman–Crippen MR) is 81.9 cm³/mol. The van der Waals surface area contributed by atoms with E-state index in [0.717, 1.165) is 11.4 Å². The van der Waals surface area contributed by atoms with Crippen molar-refractivity contribution in [3.05, 3.63) is 28.7 Å². The maximum absolute atomic E-state index is 13.0. The van der Waals surface area contributed by atoms with E-state index >= 15 is 0 Å². The van der Waals surface area contributed by atoms with E-state index in [9.17, 15) is 18.0 Å². The minimum atomic E-state index is -4.28. The molecule has 2 aromatic rings. The smallest absolute Gasteiger partial charge is 0.338 e. The normalized spacial score (nSPS) is 19.1. The van der Waals surface area contributed by atoms with E-state index in [1.54, 1.807) is 11.4 Å². The van der Waals surface area contributed by atoms with Crippen LogP contribution in [0.2, 0.25) is 0 Å². The van der Waals surface area contributed by atoms with Crippen molar-refractivity contribution in [2.75, 3.05) is 13.1 Å². The summed E-state index contributed by atoms with van der Waals surface area (Å²) in [5.74, 6) is -1.89. The summed E-state index contributed by atoms with van der Waals surface area (Å²) in [5.41, 5.74) is 2.75. The number of aryl methyl sites for hydroxylation is 3. The second kappa shape index (κ2) is 5.75. The molecule has 1 aliphatic rings. The highest BCUT2D eigenvalue weighted by molar-refractivity contribution is 6.01. The molecule has 0 bridgehead atoms. The minimum absolute atomic E-state index is 0.0670. The molecule has 0 aromatic carbocycles. The maximum atomic E-state index is 13.0. The monoisotopic (exact) mass is 340 g/mol. The number of fused-ring (bicyclic) bond motifs is 1. The van der Waals surface area contributed by atoms with E-state index in [4.69, 9.17) is 0 Å². The molecule has 24 heavy (non-hydrogen) atoms. The zero-order valence-electron chi connectivity index (χ0n) is 13.8. The molecule has 130 valence electrons. The molecule has 5 nitrogen and oxygen atoms in total. The summed E-state index contributed by atoms with van der Waals surface area (Å²) in [6.07, 6.45) is -3.86. The fraction of sp³-hybridized carbons (Fsp3) is 0.562. The minimum Gasteiger partial charge on any atom is -0.338 e. The number of likely N-dealkylation sites (tertiary alicyclic amines) is 1. The first kappa shape index (κ1) is 16.7. The predicted octanol–water partition coefficient (Wildman–Crippen LogP) is 3.07. The molecule has 0 spiro atoms. The summed E-state index contributed by atoms with van der Waals surface area (Å²) in [6.45, 7) is 5.37. The van der Waals surface area contributed by atoms with E-state index in [-0.39, 0.29) is 13.0 Å². The molecule has 1 atom stereocenters. The highest BCUT2D eigenvalue weighted by Crippen LogP contribution is 2.34. The van der Waals surface area contributed by atoms with Crippen molar-refractivity contribution in [3.63, 3.8) is 0 Å². The van der Waals surface area contributed by atoms with Crippen LogP contribution in [0.25, 0.3) is 5.65 Å². The van der Waals surface area contributed by atoms with Crippen LogP contribution in [-0.2, 0) is 0 Å². The third-order valence-corrected chi connectivity index (χ3v) is 4.46. The van der Waals surface area contributed by atoms with E-state index in [1.165, 1.54) is 4.90 Å². The molecule has 0 saturated carbocycles. The highest BCUT2D eigenvalue weighted by Gasteiger charge is 2.43. The molecule has 0 radical (unpaired) electrons. The van der Waals surface area contributed by atoms with E-state index in [2.05, 4.69) is 10.1 Å². The van der Waals surface area contributed by atoms with Gasteiger partial charge in [0.1, 0.15) is 5.56 Å². The number of hydrogen-bond donors (Lipinski definition) is 0. The number of carbonyl (C=O) groups excluding carboxylic acids is 1. The maximum Gasteiger partial charge on any atom is 0.393 e. The number of alkyl halides is 3. The molecule has 2 aromatic heterocycles. The van der Waals surface area contributed by atoms with E-state index in [0.29, 0.717) is 29.9 Å². The molecule has 0 aliphatic carbocycles. The number of piperidine rings is 1. The molecule has 3 heterocycles. The third-order valence-electron chi connectivity index (χ3n) is 4.46. The van der Waals surface area contributed by atoms with Gasteiger partial charge in [-0.05, 0) is 39.7 Å². The van der Waals surface area contributed by atoms with Gasteiger partial charge >= 0.3 is 6.18 Å². The first-order chi connectivity index (χ1) is 11.2.